The number of carbonyl (C=O) groups excluding carboxylic acids is 1. The summed E-state index contributed by atoms with van der Waals surface area (Å²) in [6.45, 7) is 4.67. The Morgan fingerprint density at radius 3 is 2.96 bits per heavy atom. The van der Waals surface area contributed by atoms with Crippen LogP contribution in [0.5, 0.6) is 5.75 Å². The fourth-order valence-electron chi connectivity index (χ4n) is 2.87. The molecule has 1 aliphatic rings. The van der Waals surface area contributed by atoms with Crippen molar-refractivity contribution >= 4 is 11.9 Å². The van der Waals surface area contributed by atoms with Crippen LogP contribution in [0.1, 0.15) is 23.8 Å². The number of fused-ring (bicyclic) bond motifs is 1. The normalized spacial score (nSPS) is 13.0. The zero-order chi connectivity index (χ0) is 18.9. The molecule has 0 saturated heterocycles. The molecule has 3 rings (SSSR count). The molecule has 0 atom stereocenters. The van der Waals surface area contributed by atoms with Crippen molar-refractivity contribution in [3.8, 4) is 5.75 Å². The molecular formula is C20H26N4O3. The number of aliphatic imine (C=N–C) groups is 1. The van der Waals surface area contributed by atoms with Gasteiger partial charge in [0.25, 0.3) is 0 Å². The first-order chi connectivity index (χ1) is 13.2. The van der Waals surface area contributed by atoms with Gasteiger partial charge in [-0.25, -0.2) is 4.99 Å². The lowest BCUT2D eigenvalue weighted by Gasteiger charge is -2.11. The fourth-order valence-corrected chi connectivity index (χ4v) is 2.87. The number of amides is 1. The van der Waals surface area contributed by atoms with Crippen LogP contribution >= 0.6 is 0 Å². The first-order valence-corrected chi connectivity index (χ1v) is 9.30. The summed E-state index contributed by atoms with van der Waals surface area (Å²) in [6.07, 6.45) is 3.44. The molecule has 0 spiro atoms. The largest absolute Gasteiger partial charge is 0.493 e. The van der Waals surface area contributed by atoms with E-state index in [9.17, 15) is 4.79 Å². The predicted molar refractivity (Wildman–Crippen MR) is 104 cm³/mol. The molecule has 0 fully saturated rings. The SMILES string of the molecule is CCNC(=NCC(=O)NCc1ccco1)NCCc1ccc2c(c1)CCO2. The van der Waals surface area contributed by atoms with Gasteiger partial charge in [0.2, 0.25) is 5.91 Å². The van der Waals surface area contributed by atoms with E-state index >= 15 is 0 Å². The molecule has 1 aromatic carbocycles. The molecule has 0 radical (unpaired) electrons. The van der Waals surface area contributed by atoms with Gasteiger partial charge in [0.15, 0.2) is 5.96 Å². The number of nitrogens with zero attached hydrogens (tertiary/aromatic N) is 1. The van der Waals surface area contributed by atoms with E-state index in [4.69, 9.17) is 9.15 Å². The number of rotatable bonds is 8. The van der Waals surface area contributed by atoms with Gasteiger partial charge in [-0.3, -0.25) is 4.79 Å². The highest BCUT2D eigenvalue weighted by Crippen LogP contribution is 2.25. The van der Waals surface area contributed by atoms with Crippen molar-refractivity contribution in [1.29, 1.82) is 0 Å². The van der Waals surface area contributed by atoms with Gasteiger partial charge < -0.3 is 25.1 Å². The topological polar surface area (TPSA) is 87.9 Å². The van der Waals surface area contributed by atoms with E-state index in [0.29, 0.717) is 12.5 Å². The van der Waals surface area contributed by atoms with Gasteiger partial charge in [0.1, 0.15) is 18.1 Å². The van der Waals surface area contributed by atoms with E-state index in [1.165, 1.54) is 11.1 Å². The van der Waals surface area contributed by atoms with Crippen molar-refractivity contribution < 1.29 is 13.9 Å². The van der Waals surface area contributed by atoms with Crippen molar-refractivity contribution in [2.24, 2.45) is 4.99 Å². The second-order valence-corrected chi connectivity index (χ2v) is 6.27. The Labute approximate surface area is 159 Å². The van der Waals surface area contributed by atoms with Crippen molar-refractivity contribution in [2.45, 2.75) is 26.3 Å². The maximum absolute atomic E-state index is 11.9. The summed E-state index contributed by atoms with van der Waals surface area (Å²) in [6, 6.07) is 9.95. The van der Waals surface area contributed by atoms with E-state index in [-0.39, 0.29) is 12.5 Å². The molecule has 3 N–H and O–H groups in total. The smallest absolute Gasteiger partial charge is 0.242 e. The van der Waals surface area contributed by atoms with E-state index < -0.39 is 0 Å². The Balaban J connectivity index is 1.43. The van der Waals surface area contributed by atoms with Crippen LogP contribution in [-0.4, -0.2) is 38.1 Å². The minimum absolute atomic E-state index is 0.0617. The van der Waals surface area contributed by atoms with Crippen molar-refractivity contribution in [2.75, 3.05) is 26.2 Å². The first kappa shape index (κ1) is 18.8. The average Bonchev–Trinajstić information content (AvgIpc) is 3.35. The number of nitrogens with one attached hydrogen (secondary N) is 3. The zero-order valence-corrected chi connectivity index (χ0v) is 15.6. The average molecular weight is 370 g/mol. The van der Waals surface area contributed by atoms with Gasteiger partial charge in [-0.2, -0.15) is 0 Å². The lowest BCUT2D eigenvalue weighted by Crippen LogP contribution is -2.39. The molecule has 2 heterocycles. The Hall–Kier alpha value is -2.96. The highest BCUT2D eigenvalue weighted by atomic mass is 16.5. The van der Waals surface area contributed by atoms with Gasteiger partial charge in [0, 0.05) is 19.5 Å². The van der Waals surface area contributed by atoms with Crippen LogP contribution in [0, 0.1) is 0 Å². The van der Waals surface area contributed by atoms with E-state index in [0.717, 1.165) is 44.0 Å². The third-order valence-corrected chi connectivity index (χ3v) is 4.22. The van der Waals surface area contributed by atoms with Crippen molar-refractivity contribution in [3.63, 3.8) is 0 Å². The fraction of sp³-hybridized carbons (Fsp3) is 0.400. The summed E-state index contributed by atoms with van der Waals surface area (Å²) >= 11 is 0. The van der Waals surface area contributed by atoms with E-state index in [1.807, 2.05) is 19.1 Å². The minimum atomic E-state index is -0.151. The predicted octanol–water partition coefficient (Wildman–Crippen LogP) is 1.63. The van der Waals surface area contributed by atoms with Gasteiger partial charge >= 0.3 is 0 Å². The van der Waals surface area contributed by atoms with Gasteiger partial charge in [-0.05, 0) is 42.7 Å². The molecular weight excluding hydrogens is 344 g/mol. The number of guanidine groups is 1. The summed E-state index contributed by atoms with van der Waals surface area (Å²) in [5.74, 6) is 2.21. The molecule has 2 aromatic rings. The summed E-state index contributed by atoms with van der Waals surface area (Å²) in [5, 5.41) is 9.21. The Bertz CT molecular complexity index is 772. The van der Waals surface area contributed by atoms with Crippen LogP contribution in [0.25, 0.3) is 0 Å². The van der Waals surface area contributed by atoms with E-state index in [2.05, 4.69) is 33.1 Å². The molecule has 1 aromatic heterocycles. The van der Waals surface area contributed by atoms with Gasteiger partial charge in [0.05, 0.1) is 19.4 Å². The molecule has 144 valence electrons. The molecule has 0 saturated carbocycles. The summed E-state index contributed by atoms with van der Waals surface area (Å²) < 4.78 is 10.7. The Morgan fingerprint density at radius 1 is 1.22 bits per heavy atom. The highest BCUT2D eigenvalue weighted by molar-refractivity contribution is 5.84. The quantitative estimate of drug-likeness (QED) is 0.486. The molecule has 7 nitrogen and oxygen atoms in total. The summed E-state index contributed by atoms with van der Waals surface area (Å²) in [7, 11) is 0. The number of ether oxygens (including phenoxy) is 1. The molecule has 0 unspecified atom stereocenters. The van der Waals surface area contributed by atoms with Crippen LogP contribution in [0.15, 0.2) is 46.0 Å². The standard InChI is InChI=1S/C20H26N4O3/c1-2-21-20(24-14-19(25)23-13-17-4-3-10-26-17)22-9-7-15-5-6-18-16(12-15)8-11-27-18/h3-6,10,12H,2,7-9,11,13-14H2,1H3,(H,23,25)(H2,21,22,24). The molecule has 1 aliphatic heterocycles. The summed E-state index contributed by atoms with van der Waals surface area (Å²) in [4.78, 5) is 16.3. The van der Waals surface area contributed by atoms with Crippen LogP contribution < -0.4 is 20.7 Å². The Morgan fingerprint density at radius 2 is 2.15 bits per heavy atom. The maximum atomic E-state index is 11.9. The van der Waals surface area contributed by atoms with Gasteiger partial charge in [-0.15, -0.1) is 0 Å². The van der Waals surface area contributed by atoms with Crippen LogP contribution in [0.4, 0.5) is 0 Å². The van der Waals surface area contributed by atoms with Crippen molar-refractivity contribution in [3.05, 3.63) is 53.5 Å². The second-order valence-electron chi connectivity index (χ2n) is 6.27. The van der Waals surface area contributed by atoms with Crippen LogP contribution in [-0.2, 0) is 24.2 Å². The van der Waals surface area contributed by atoms with E-state index in [1.54, 1.807) is 12.3 Å². The molecule has 1 amide bonds. The number of hydrogen-bond donors (Lipinski definition) is 3. The molecule has 7 heteroatoms. The number of hydrogen-bond acceptors (Lipinski definition) is 4. The molecule has 0 aliphatic carbocycles. The summed E-state index contributed by atoms with van der Waals surface area (Å²) in [5.41, 5.74) is 2.54. The monoisotopic (exact) mass is 370 g/mol. The zero-order valence-electron chi connectivity index (χ0n) is 15.6. The first-order valence-electron chi connectivity index (χ1n) is 9.30. The van der Waals surface area contributed by atoms with Crippen molar-refractivity contribution in [1.82, 2.24) is 16.0 Å². The lowest BCUT2D eigenvalue weighted by atomic mass is 10.1. The highest BCUT2D eigenvalue weighted by Gasteiger charge is 2.11. The third kappa shape index (κ3) is 5.77. The number of benzene rings is 1. The maximum Gasteiger partial charge on any atom is 0.242 e. The van der Waals surface area contributed by atoms with Gasteiger partial charge in [-0.1, -0.05) is 12.1 Å². The minimum Gasteiger partial charge on any atom is -0.493 e. The molecule has 0 bridgehead atoms. The van der Waals surface area contributed by atoms with Crippen LogP contribution in [0.2, 0.25) is 0 Å². The Kier molecular flexibility index (Phi) is 6.73. The third-order valence-electron chi connectivity index (χ3n) is 4.22. The van der Waals surface area contributed by atoms with Crippen LogP contribution in [0.3, 0.4) is 0 Å². The lowest BCUT2D eigenvalue weighted by molar-refractivity contribution is -0.119. The number of carbonyl (C=O) groups is 1. The second kappa shape index (κ2) is 9.66. The number of furan rings is 1. The molecule has 27 heavy (non-hydrogen) atoms.